The maximum absolute atomic E-state index is 6.30. The van der Waals surface area contributed by atoms with Gasteiger partial charge >= 0.3 is 0 Å². The second kappa shape index (κ2) is 6.85. The highest BCUT2D eigenvalue weighted by atomic mass is 16.5. The summed E-state index contributed by atoms with van der Waals surface area (Å²) in [6.07, 6.45) is 4.38. The van der Waals surface area contributed by atoms with E-state index in [9.17, 15) is 0 Å². The first kappa shape index (κ1) is 15.5. The maximum atomic E-state index is 6.30. The van der Waals surface area contributed by atoms with Crippen LogP contribution in [-0.2, 0) is 16.0 Å². The van der Waals surface area contributed by atoms with Crippen LogP contribution in [0.15, 0.2) is 24.4 Å². The summed E-state index contributed by atoms with van der Waals surface area (Å²) in [6.45, 7) is 9.12. The standard InChI is InChI=1S/C18H27N3O2/c1-2-6-19-17(3-1)12-21-14-18(15-21)5-4-16(13-23-18)11-20-7-9-22-10-8-20/h1-3,6,16H,4-5,7-15H2/t16-/m1/s1. The summed E-state index contributed by atoms with van der Waals surface area (Å²) < 4.78 is 11.7. The van der Waals surface area contributed by atoms with Crippen LogP contribution in [0.25, 0.3) is 0 Å². The number of pyridine rings is 1. The van der Waals surface area contributed by atoms with Crippen LogP contribution >= 0.6 is 0 Å². The molecule has 1 spiro atoms. The molecule has 0 bridgehead atoms. The lowest BCUT2D eigenvalue weighted by molar-refractivity contribution is -0.184. The van der Waals surface area contributed by atoms with Crippen LogP contribution < -0.4 is 0 Å². The largest absolute Gasteiger partial charge is 0.379 e. The van der Waals surface area contributed by atoms with Crippen LogP contribution in [-0.4, -0.2) is 72.9 Å². The molecule has 1 atom stereocenters. The van der Waals surface area contributed by atoms with Gasteiger partial charge in [0.05, 0.1) is 31.1 Å². The highest BCUT2D eigenvalue weighted by Crippen LogP contribution is 2.36. The van der Waals surface area contributed by atoms with E-state index in [1.807, 2.05) is 12.3 Å². The minimum Gasteiger partial charge on any atom is -0.379 e. The van der Waals surface area contributed by atoms with E-state index in [0.717, 1.165) is 58.2 Å². The van der Waals surface area contributed by atoms with E-state index < -0.39 is 0 Å². The predicted octanol–water partition coefficient (Wildman–Crippen LogP) is 1.39. The number of rotatable bonds is 4. The van der Waals surface area contributed by atoms with Crippen molar-refractivity contribution in [2.75, 3.05) is 52.5 Å². The van der Waals surface area contributed by atoms with E-state index in [-0.39, 0.29) is 5.60 Å². The van der Waals surface area contributed by atoms with Gasteiger partial charge in [-0.25, -0.2) is 0 Å². The fraction of sp³-hybridized carbons (Fsp3) is 0.722. The second-order valence-electron chi connectivity index (χ2n) is 7.28. The zero-order valence-electron chi connectivity index (χ0n) is 13.8. The molecular weight excluding hydrogens is 290 g/mol. The Labute approximate surface area is 138 Å². The van der Waals surface area contributed by atoms with Crippen molar-refractivity contribution >= 4 is 0 Å². The monoisotopic (exact) mass is 317 g/mol. The van der Waals surface area contributed by atoms with Crippen molar-refractivity contribution in [3.05, 3.63) is 30.1 Å². The van der Waals surface area contributed by atoms with Gasteiger partial charge in [0.15, 0.2) is 0 Å². The van der Waals surface area contributed by atoms with Gasteiger partial charge in [-0.15, -0.1) is 0 Å². The molecule has 3 fully saturated rings. The first-order valence-electron chi connectivity index (χ1n) is 8.88. The summed E-state index contributed by atoms with van der Waals surface area (Å²) in [4.78, 5) is 9.39. The van der Waals surface area contributed by atoms with Crippen molar-refractivity contribution < 1.29 is 9.47 Å². The van der Waals surface area contributed by atoms with Crippen LogP contribution in [0.4, 0.5) is 0 Å². The molecule has 23 heavy (non-hydrogen) atoms. The molecule has 3 aliphatic rings. The molecule has 4 heterocycles. The first-order chi connectivity index (χ1) is 11.3. The summed E-state index contributed by atoms with van der Waals surface area (Å²) in [5.74, 6) is 0.698. The van der Waals surface area contributed by atoms with Crippen LogP contribution in [0.3, 0.4) is 0 Å². The van der Waals surface area contributed by atoms with Crippen molar-refractivity contribution in [2.24, 2.45) is 5.92 Å². The van der Waals surface area contributed by atoms with E-state index in [1.165, 1.54) is 19.4 Å². The molecule has 0 amide bonds. The quantitative estimate of drug-likeness (QED) is 0.839. The number of hydrogen-bond donors (Lipinski definition) is 0. The molecule has 0 aliphatic carbocycles. The molecule has 1 aromatic heterocycles. The van der Waals surface area contributed by atoms with E-state index in [2.05, 4.69) is 26.9 Å². The average Bonchev–Trinajstić information content (AvgIpc) is 2.57. The molecule has 0 unspecified atom stereocenters. The third kappa shape index (κ3) is 3.74. The van der Waals surface area contributed by atoms with Gasteiger partial charge in [0.2, 0.25) is 0 Å². The van der Waals surface area contributed by atoms with E-state index in [4.69, 9.17) is 9.47 Å². The molecule has 1 aromatic rings. The lowest BCUT2D eigenvalue weighted by atomic mass is 9.82. The molecular formula is C18H27N3O2. The molecule has 3 aliphatic heterocycles. The first-order valence-corrected chi connectivity index (χ1v) is 8.88. The molecule has 5 nitrogen and oxygen atoms in total. The number of likely N-dealkylation sites (tertiary alicyclic amines) is 1. The highest BCUT2D eigenvalue weighted by molar-refractivity contribution is 5.07. The Morgan fingerprint density at radius 1 is 1.17 bits per heavy atom. The van der Waals surface area contributed by atoms with E-state index >= 15 is 0 Å². The van der Waals surface area contributed by atoms with E-state index in [1.54, 1.807) is 0 Å². The zero-order valence-corrected chi connectivity index (χ0v) is 13.8. The lowest BCUT2D eigenvalue weighted by Crippen LogP contribution is -2.64. The smallest absolute Gasteiger partial charge is 0.0935 e. The van der Waals surface area contributed by atoms with Crippen LogP contribution in [0.1, 0.15) is 18.5 Å². The minimum absolute atomic E-state index is 0.135. The number of hydrogen-bond acceptors (Lipinski definition) is 5. The third-order valence-corrected chi connectivity index (χ3v) is 5.39. The lowest BCUT2D eigenvalue weighted by Gasteiger charge is -2.53. The minimum atomic E-state index is 0.135. The van der Waals surface area contributed by atoms with Gasteiger partial charge in [-0.1, -0.05) is 6.07 Å². The van der Waals surface area contributed by atoms with Crippen molar-refractivity contribution in [3.63, 3.8) is 0 Å². The maximum Gasteiger partial charge on any atom is 0.0935 e. The van der Waals surface area contributed by atoms with Gasteiger partial charge in [0, 0.05) is 45.5 Å². The number of ether oxygens (including phenoxy) is 2. The molecule has 3 saturated heterocycles. The van der Waals surface area contributed by atoms with Crippen molar-refractivity contribution in [2.45, 2.75) is 25.0 Å². The van der Waals surface area contributed by atoms with Gasteiger partial charge < -0.3 is 9.47 Å². The Bertz CT molecular complexity index is 488. The Hall–Kier alpha value is -1.01. The van der Waals surface area contributed by atoms with Gasteiger partial charge in [0.25, 0.3) is 0 Å². The molecule has 126 valence electrons. The second-order valence-corrected chi connectivity index (χ2v) is 7.28. The van der Waals surface area contributed by atoms with Crippen molar-refractivity contribution in [3.8, 4) is 0 Å². The number of morpholine rings is 1. The van der Waals surface area contributed by atoms with Crippen LogP contribution in [0.2, 0.25) is 0 Å². The van der Waals surface area contributed by atoms with Crippen molar-refractivity contribution in [1.82, 2.24) is 14.8 Å². The Balaban J connectivity index is 1.20. The SMILES string of the molecule is c1ccc(CN2CC3(CC[C@H](CN4CCOCC4)CO3)C2)nc1. The Morgan fingerprint density at radius 2 is 2.04 bits per heavy atom. The normalized spacial score (nSPS) is 28.6. The molecule has 0 saturated carbocycles. The summed E-state index contributed by atoms with van der Waals surface area (Å²) in [5, 5.41) is 0. The fourth-order valence-electron chi connectivity index (χ4n) is 4.06. The van der Waals surface area contributed by atoms with Gasteiger partial charge in [-0.3, -0.25) is 14.8 Å². The topological polar surface area (TPSA) is 37.8 Å². The molecule has 5 heteroatoms. The molecule has 4 rings (SSSR count). The summed E-state index contributed by atoms with van der Waals surface area (Å²) in [5.41, 5.74) is 1.29. The highest BCUT2D eigenvalue weighted by Gasteiger charge is 2.46. The number of aromatic nitrogens is 1. The van der Waals surface area contributed by atoms with E-state index in [0.29, 0.717) is 5.92 Å². The van der Waals surface area contributed by atoms with Gasteiger partial charge in [-0.2, -0.15) is 0 Å². The summed E-state index contributed by atoms with van der Waals surface area (Å²) in [7, 11) is 0. The van der Waals surface area contributed by atoms with Crippen molar-refractivity contribution in [1.29, 1.82) is 0 Å². The van der Waals surface area contributed by atoms with Crippen LogP contribution in [0, 0.1) is 5.92 Å². The predicted molar refractivity (Wildman–Crippen MR) is 88.2 cm³/mol. The molecule has 0 N–H and O–H groups in total. The number of nitrogens with zero attached hydrogens (tertiary/aromatic N) is 3. The zero-order chi connectivity index (χ0) is 15.5. The summed E-state index contributed by atoms with van der Waals surface area (Å²) in [6, 6.07) is 6.14. The van der Waals surface area contributed by atoms with Gasteiger partial charge in [0.1, 0.15) is 0 Å². The van der Waals surface area contributed by atoms with Crippen LogP contribution in [0.5, 0.6) is 0 Å². The molecule has 0 radical (unpaired) electrons. The third-order valence-electron chi connectivity index (χ3n) is 5.39. The van der Waals surface area contributed by atoms with Gasteiger partial charge in [-0.05, 0) is 30.9 Å². The fourth-order valence-corrected chi connectivity index (χ4v) is 4.06. The molecule has 0 aromatic carbocycles. The Kier molecular flexibility index (Phi) is 4.62. The summed E-state index contributed by atoms with van der Waals surface area (Å²) >= 11 is 0. The Morgan fingerprint density at radius 3 is 2.74 bits per heavy atom. The average molecular weight is 317 g/mol.